The molecular weight excluding hydrogens is 355 g/mol. The smallest absolute Gasteiger partial charge is 0.435 e. The van der Waals surface area contributed by atoms with Crippen molar-refractivity contribution < 1.29 is 19.0 Å². The average molecular weight is 373 g/mol. The highest BCUT2D eigenvalue weighted by Gasteiger charge is 2.28. The van der Waals surface area contributed by atoms with E-state index in [4.69, 9.17) is 37.4 Å². The van der Waals surface area contributed by atoms with Gasteiger partial charge in [-0.05, 0) is 32.0 Å². The third kappa shape index (κ3) is 3.57. The fourth-order valence-electron chi connectivity index (χ4n) is 2.37. The summed E-state index contributed by atoms with van der Waals surface area (Å²) in [4.78, 5) is 12.3. The number of ether oxygens (including phenoxy) is 3. The fourth-order valence-corrected chi connectivity index (χ4v) is 2.86. The molecule has 0 saturated carbocycles. The lowest BCUT2D eigenvalue weighted by Gasteiger charge is -2.15. The zero-order valence-electron chi connectivity index (χ0n) is 13.8. The quantitative estimate of drug-likeness (QED) is 0.724. The van der Waals surface area contributed by atoms with E-state index in [0.29, 0.717) is 32.6 Å². The highest BCUT2D eigenvalue weighted by Crippen LogP contribution is 2.35. The van der Waals surface area contributed by atoms with Crippen LogP contribution in [0.2, 0.25) is 10.0 Å². The van der Waals surface area contributed by atoms with Crippen LogP contribution < -0.4 is 0 Å². The van der Waals surface area contributed by atoms with E-state index >= 15 is 0 Å². The second-order valence-electron chi connectivity index (χ2n) is 4.90. The van der Waals surface area contributed by atoms with Crippen LogP contribution in [0.1, 0.15) is 24.5 Å². The maximum Gasteiger partial charge on any atom is 0.435 e. The van der Waals surface area contributed by atoms with Crippen molar-refractivity contribution in [1.29, 1.82) is 0 Å². The van der Waals surface area contributed by atoms with Crippen molar-refractivity contribution in [1.82, 2.24) is 9.78 Å². The van der Waals surface area contributed by atoms with E-state index < -0.39 is 12.4 Å². The molecule has 2 aromatic rings. The van der Waals surface area contributed by atoms with Gasteiger partial charge < -0.3 is 14.2 Å². The molecule has 24 heavy (non-hydrogen) atoms. The first-order chi connectivity index (χ1) is 11.4. The second-order valence-corrected chi connectivity index (χ2v) is 5.74. The van der Waals surface area contributed by atoms with Crippen LogP contribution >= 0.6 is 23.2 Å². The molecule has 6 nitrogen and oxygen atoms in total. The molecule has 1 heterocycles. The summed E-state index contributed by atoms with van der Waals surface area (Å²) in [7, 11) is 2.95. The maximum atomic E-state index is 12.3. The van der Waals surface area contributed by atoms with Gasteiger partial charge in [0.2, 0.25) is 6.29 Å². The first-order valence-electron chi connectivity index (χ1n) is 7.22. The lowest BCUT2D eigenvalue weighted by Crippen LogP contribution is -2.21. The van der Waals surface area contributed by atoms with Gasteiger partial charge in [0.05, 0.1) is 17.3 Å². The Bertz CT molecular complexity index is 742. The third-order valence-electron chi connectivity index (χ3n) is 3.45. The second kappa shape index (κ2) is 7.98. The van der Waals surface area contributed by atoms with Crippen LogP contribution in [0.15, 0.2) is 18.2 Å². The summed E-state index contributed by atoms with van der Waals surface area (Å²) in [6, 6.07) is 5.06. The van der Waals surface area contributed by atoms with Gasteiger partial charge in [-0.1, -0.05) is 23.2 Å². The fraction of sp³-hybridized carbons (Fsp3) is 0.375. The molecule has 2 rings (SSSR count). The third-order valence-corrected chi connectivity index (χ3v) is 3.99. The van der Waals surface area contributed by atoms with Crippen molar-refractivity contribution in [2.75, 3.05) is 20.8 Å². The first kappa shape index (κ1) is 18.7. The van der Waals surface area contributed by atoms with Crippen molar-refractivity contribution in [3.63, 3.8) is 0 Å². The summed E-state index contributed by atoms with van der Waals surface area (Å²) in [5.41, 5.74) is 2.31. The molecule has 0 atom stereocenters. The van der Waals surface area contributed by atoms with Crippen molar-refractivity contribution >= 4 is 29.3 Å². The molecule has 0 bridgehead atoms. The predicted octanol–water partition coefficient (Wildman–Crippen LogP) is 4.46. The Morgan fingerprint density at radius 1 is 1.29 bits per heavy atom. The number of hydrogen-bond donors (Lipinski definition) is 0. The van der Waals surface area contributed by atoms with E-state index in [1.165, 1.54) is 14.2 Å². The monoisotopic (exact) mass is 372 g/mol. The Hall–Kier alpha value is -1.60. The molecule has 0 aliphatic heterocycles. The highest BCUT2D eigenvalue weighted by molar-refractivity contribution is 6.36. The maximum absolute atomic E-state index is 12.3. The molecule has 8 heteroatoms. The number of halogens is 2. The van der Waals surface area contributed by atoms with E-state index in [9.17, 15) is 4.79 Å². The number of carbonyl (C=O) groups excluding carboxylic acids is 1. The summed E-state index contributed by atoms with van der Waals surface area (Å²) in [6.07, 6.45) is -1.40. The van der Waals surface area contributed by atoms with Crippen LogP contribution in [0.25, 0.3) is 11.3 Å². The number of methoxy groups -OCH3 is 2. The Morgan fingerprint density at radius 3 is 2.50 bits per heavy atom. The van der Waals surface area contributed by atoms with Gasteiger partial charge in [-0.15, -0.1) is 0 Å². The topological polar surface area (TPSA) is 62.6 Å². The van der Waals surface area contributed by atoms with Gasteiger partial charge in [0.15, 0.2) is 0 Å². The SMILES string of the molecule is CCOC(=O)n1nc(-c2ccc(Cl)cc2Cl)c(C)c1C(OC)OC. The van der Waals surface area contributed by atoms with Crippen molar-refractivity contribution in [3.05, 3.63) is 39.5 Å². The highest BCUT2D eigenvalue weighted by atomic mass is 35.5. The van der Waals surface area contributed by atoms with Crippen molar-refractivity contribution in [3.8, 4) is 11.3 Å². The lowest BCUT2D eigenvalue weighted by atomic mass is 10.1. The van der Waals surface area contributed by atoms with E-state index in [0.717, 1.165) is 4.68 Å². The van der Waals surface area contributed by atoms with Crippen LogP contribution in [0, 0.1) is 6.92 Å². The van der Waals surface area contributed by atoms with Gasteiger partial charge in [0.25, 0.3) is 0 Å². The molecule has 130 valence electrons. The Balaban J connectivity index is 2.66. The standard InChI is InChI=1S/C16H18Cl2N2O4/c1-5-24-16(21)20-14(15(22-3)23-4)9(2)13(19-20)11-7-6-10(17)8-12(11)18/h6-8,15H,5H2,1-4H3. The largest absolute Gasteiger partial charge is 0.448 e. The molecule has 0 unspecified atom stereocenters. The summed E-state index contributed by atoms with van der Waals surface area (Å²) in [6.45, 7) is 3.75. The van der Waals surface area contributed by atoms with E-state index in [1.807, 2.05) is 6.92 Å². The van der Waals surface area contributed by atoms with Gasteiger partial charge >= 0.3 is 6.09 Å². The average Bonchev–Trinajstić information content (AvgIpc) is 2.87. The zero-order chi connectivity index (χ0) is 17.9. The van der Waals surface area contributed by atoms with Gasteiger partial charge in [-0.2, -0.15) is 9.78 Å². The van der Waals surface area contributed by atoms with Gasteiger partial charge in [0.1, 0.15) is 5.69 Å². The molecule has 0 aliphatic rings. The molecule has 1 aromatic carbocycles. The van der Waals surface area contributed by atoms with E-state index in [1.54, 1.807) is 25.1 Å². The van der Waals surface area contributed by atoms with Gasteiger partial charge in [-0.3, -0.25) is 0 Å². The van der Waals surface area contributed by atoms with Crippen LogP contribution in [0.5, 0.6) is 0 Å². The number of rotatable bonds is 5. The molecule has 0 radical (unpaired) electrons. The summed E-state index contributed by atoms with van der Waals surface area (Å²) >= 11 is 12.2. The summed E-state index contributed by atoms with van der Waals surface area (Å²) < 4.78 is 16.8. The number of benzene rings is 1. The molecule has 0 spiro atoms. The number of nitrogens with zero attached hydrogens (tertiary/aromatic N) is 2. The normalized spacial score (nSPS) is 11.1. The Morgan fingerprint density at radius 2 is 1.96 bits per heavy atom. The Kier molecular flexibility index (Phi) is 6.23. The predicted molar refractivity (Wildman–Crippen MR) is 91.6 cm³/mol. The molecule has 1 aromatic heterocycles. The zero-order valence-corrected chi connectivity index (χ0v) is 15.3. The minimum Gasteiger partial charge on any atom is -0.448 e. The summed E-state index contributed by atoms with van der Waals surface area (Å²) in [5, 5.41) is 5.30. The summed E-state index contributed by atoms with van der Waals surface area (Å²) in [5.74, 6) is 0. The van der Waals surface area contributed by atoms with Crippen molar-refractivity contribution in [2.24, 2.45) is 0 Å². The molecular formula is C16H18Cl2N2O4. The minimum atomic E-state index is -0.776. The Labute approximate surface area is 150 Å². The number of hydrogen-bond acceptors (Lipinski definition) is 5. The van der Waals surface area contributed by atoms with Crippen LogP contribution in [0.4, 0.5) is 4.79 Å². The molecule has 0 fully saturated rings. The number of aromatic nitrogens is 2. The van der Waals surface area contributed by atoms with Crippen LogP contribution in [-0.2, 0) is 14.2 Å². The van der Waals surface area contributed by atoms with Crippen molar-refractivity contribution in [2.45, 2.75) is 20.1 Å². The first-order valence-corrected chi connectivity index (χ1v) is 7.97. The van der Waals surface area contributed by atoms with E-state index in [-0.39, 0.29) is 6.61 Å². The molecule has 0 saturated heterocycles. The lowest BCUT2D eigenvalue weighted by molar-refractivity contribution is -0.110. The van der Waals surface area contributed by atoms with Crippen LogP contribution in [0.3, 0.4) is 0 Å². The number of carbonyl (C=O) groups is 1. The molecule has 0 N–H and O–H groups in total. The van der Waals surface area contributed by atoms with E-state index in [2.05, 4.69) is 5.10 Å². The minimum absolute atomic E-state index is 0.221. The van der Waals surface area contributed by atoms with Gasteiger partial charge in [-0.25, -0.2) is 4.79 Å². The van der Waals surface area contributed by atoms with Crippen LogP contribution in [-0.4, -0.2) is 36.7 Å². The van der Waals surface area contributed by atoms with Gasteiger partial charge in [0, 0.05) is 30.4 Å². The molecule has 0 amide bonds. The molecule has 0 aliphatic carbocycles.